The van der Waals surface area contributed by atoms with Crippen molar-refractivity contribution in [3.8, 4) is 0 Å². The lowest BCUT2D eigenvalue weighted by Gasteiger charge is -2.13. The maximum Gasteiger partial charge on any atom is 0.276 e. The van der Waals surface area contributed by atoms with E-state index in [-0.39, 0.29) is 17.2 Å². The second kappa shape index (κ2) is 6.35. The van der Waals surface area contributed by atoms with Crippen molar-refractivity contribution in [3.63, 3.8) is 0 Å². The zero-order valence-corrected chi connectivity index (χ0v) is 12.5. The zero-order chi connectivity index (χ0) is 15.4. The first kappa shape index (κ1) is 15.0. The van der Waals surface area contributed by atoms with E-state index in [1.807, 2.05) is 31.2 Å². The molecule has 2 aromatic rings. The molecule has 0 unspecified atom stereocenters. The largest absolute Gasteiger partial charge is 0.320 e. The van der Waals surface area contributed by atoms with Crippen molar-refractivity contribution in [1.29, 1.82) is 0 Å². The number of carbonyl (C=O) groups excluding carboxylic acids is 1. The predicted molar refractivity (Wildman–Crippen MR) is 82.7 cm³/mol. The lowest BCUT2D eigenvalue weighted by atomic mass is 10.0. The molecule has 0 saturated heterocycles. The molecule has 0 aliphatic rings. The van der Waals surface area contributed by atoms with Crippen LogP contribution in [-0.2, 0) is 6.54 Å². The number of rotatable bonds is 4. The standard InChI is InChI=1S/C16H19N3O2/c1-4-19-15(20)10-9-14(18-19)16(21)17-13-8-6-5-7-12(13)11(2)3/h5-11H,4H2,1-3H3,(H,17,21). The fourth-order valence-corrected chi connectivity index (χ4v) is 2.10. The third-order valence-corrected chi connectivity index (χ3v) is 3.23. The number of anilines is 1. The highest BCUT2D eigenvalue weighted by Gasteiger charge is 2.12. The first-order chi connectivity index (χ1) is 10.0. The minimum atomic E-state index is -0.315. The van der Waals surface area contributed by atoms with E-state index in [9.17, 15) is 9.59 Å². The lowest BCUT2D eigenvalue weighted by molar-refractivity contribution is 0.102. The van der Waals surface area contributed by atoms with Crippen LogP contribution in [0, 0.1) is 0 Å². The van der Waals surface area contributed by atoms with Crippen LogP contribution in [0.2, 0.25) is 0 Å². The van der Waals surface area contributed by atoms with Gasteiger partial charge in [0.2, 0.25) is 0 Å². The van der Waals surface area contributed by atoms with Crippen LogP contribution in [0.15, 0.2) is 41.2 Å². The summed E-state index contributed by atoms with van der Waals surface area (Å²) in [5.41, 5.74) is 1.86. The molecule has 0 saturated carbocycles. The van der Waals surface area contributed by atoms with Gasteiger partial charge in [0.05, 0.1) is 0 Å². The van der Waals surface area contributed by atoms with Crippen molar-refractivity contribution in [2.75, 3.05) is 5.32 Å². The smallest absolute Gasteiger partial charge is 0.276 e. The Morgan fingerprint density at radius 3 is 2.62 bits per heavy atom. The number of aryl methyl sites for hydroxylation is 1. The van der Waals surface area contributed by atoms with Gasteiger partial charge in [-0.2, -0.15) is 5.10 Å². The Bertz CT molecular complexity index is 705. The normalized spacial score (nSPS) is 10.7. The molecule has 1 heterocycles. The SMILES string of the molecule is CCn1nc(C(=O)Nc2ccccc2C(C)C)ccc1=O. The molecular formula is C16H19N3O2. The van der Waals surface area contributed by atoms with Gasteiger partial charge in [0.1, 0.15) is 5.69 Å². The molecule has 0 atom stereocenters. The van der Waals surface area contributed by atoms with E-state index in [1.54, 1.807) is 0 Å². The van der Waals surface area contributed by atoms with Crippen LogP contribution in [0.1, 0.15) is 42.7 Å². The number of carbonyl (C=O) groups is 1. The minimum absolute atomic E-state index is 0.211. The van der Waals surface area contributed by atoms with E-state index < -0.39 is 0 Å². The average Bonchev–Trinajstić information content (AvgIpc) is 2.48. The van der Waals surface area contributed by atoms with E-state index >= 15 is 0 Å². The van der Waals surface area contributed by atoms with Gasteiger partial charge in [0, 0.05) is 18.3 Å². The van der Waals surface area contributed by atoms with Crippen LogP contribution < -0.4 is 10.9 Å². The average molecular weight is 285 g/mol. The maximum atomic E-state index is 12.3. The van der Waals surface area contributed by atoms with Crippen molar-refractivity contribution >= 4 is 11.6 Å². The number of hydrogen-bond acceptors (Lipinski definition) is 3. The Labute approximate surface area is 123 Å². The number of para-hydroxylation sites is 1. The van der Waals surface area contributed by atoms with E-state index in [0.29, 0.717) is 12.5 Å². The Morgan fingerprint density at radius 1 is 1.24 bits per heavy atom. The van der Waals surface area contributed by atoms with Gasteiger partial charge < -0.3 is 5.32 Å². The summed E-state index contributed by atoms with van der Waals surface area (Å²) in [4.78, 5) is 23.8. The third-order valence-electron chi connectivity index (χ3n) is 3.23. The Balaban J connectivity index is 2.28. The topological polar surface area (TPSA) is 64.0 Å². The van der Waals surface area contributed by atoms with E-state index in [4.69, 9.17) is 0 Å². The summed E-state index contributed by atoms with van der Waals surface area (Å²) in [5.74, 6) is -0.00986. The summed E-state index contributed by atoms with van der Waals surface area (Å²) in [6.07, 6.45) is 0. The molecule has 0 spiro atoms. The van der Waals surface area contributed by atoms with Crippen molar-refractivity contribution in [3.05, 3.63) is 58.0 Å². The predicted octanol–water partition coefficient (Wildman–Crippen LogP) is 2.64. The van der Waals surface area contributed by atoms with Crippen molar-refractivity contribution in [2.45, 2.75) is 33.2 Å². The number of benzene rings is 1. The highest BCUT2D eigenvalue weighted by Crippen LogP contribution is 2.23. The van der Waals surface area contributed by atoms with Gasteiger partial charge in [0.25, 0.3) is 11.5 Å². The van der Waals surface area contributed by atoms with Gasteiger partial charge in [-0.15, -0.1) is 0 Å². The molecule has 0 radical (unpaired) electrons. The van der Waals surface area contributed by atoms with E-state index in [1.165, 1.54) is 16.8 Å². The Morgan fingerprint density at radius 2 is 1.95 bits per heavy atom. The molecule has 110 valence electrons. The minimum Gasteiger partial charge on any atom is -0.320 e. The lowest BCUT2D eigenvalue weighted by Crippen LogP contribution is -2.25. The highest BCUT2D eigenvalue weighted by molar-refractivity contribution is 6.03. The van der Waals surface area contributed by atoms with Gasteiger partial charge in [-0.3, -0.25) is 9.59 Å². The van der Waals surface area contributed by atoms with Crippen LogP contribution in [0.4, 0.5) is 5.69 Å². The van der Waals surface area contributed by atoms with Crippen LogP contribution in [0.5, 0.6) is 0 Å². The Kier molecular flexibility index (Phi) is 4.52. The van der Waals surface area contributed by atoms with Crippen molar-refractivity contribution in [2.24, 2.45) is 0 Å². The van der Waals surface area contributed by atoms with E-state index in [2.05, 4.69) is 24.3 Å². The molecule has 1 aromatic carbocycles. The zero-order valence-electron chi connectivity index (χ0n) is 12.5. The number of amides is 1. The van der Waals surface area contributed by atoms with Crippen molar-refractivity contribution < 1.29 is 4.79 Å². The van der Waals surface area contributed by atoms with Gasteiger partial charge in [0.15, 0.2) is 0 Å². The van der Waals surface area contributed by atoms with Crippen LogP contribution in [-0.4, -0.2) is 15.7 Å². The maximum absolute atomic E-state index is 12.3. The Hall–Kier alpha value is -2.43. The summed E-state index contributed by atoms with van der Waals surface area (Å²) >= 11 is 0. The number of aromatic nitrogens is 2. The third kappa shape index (κ3) is 3.37. The summed E-state index contributed by atoms with van der Waals surface area (Å²) in [7, 11) is 0. The molecule has 2 rings (SSSR count). The van der Waals surface area contributed by atoms with Gasteiger partial charge in [-0.25, -0.2) is 4.68 Å². The van der Waals surface area contributed by atoms with Gasteiger partial charge >= 0.3 is 0 Å². The van der Waals surface area contributed by atoms with Crippen LogP contribution >= 0.6 is 0 Å². The highest BCUT2D eigenvalue weighted by atomic mass is 16.2. The molecular weight excluding hydrogens is 266 g/mol. The molecule has 0 fully saturated rings. The molecule has 1 aromatic heterocycles. The number of nitrogens with one attached hydrogen (secondary N) is 1. The summed E-state index contributed by atoms with van der Waals surface area (Å²) in [5, 5.41) is 6.92. The number of hydrogen-bond donors (Lipinski definition) is 1. The molecule has 5 heteroatoms. The van der Waals surface area contributed by atoms with E-state index in [0.717, 1.165) is 11.3 Å². The molecule has 21 heavy (non-hydrogen) atoms. The first-order valence-corrected chi connectivity index (χ1v) is 7.01. The van der Waals surface area contributed by atoms with Gasteiger partial charge in [-0.1, -0.05) is 32.0 Å². The van der Waals surface area contributed by atoms with Gasteiger partial charge in [-0.05, 0) is 30.5 Å². The quantitative estimate of drug-likeness (QED) is 0.939. The fourth-order valence-electron chi connectivity index (χ4n) is 2.10. The van der Waals surface area contributed by atoms with Crippen LogP contribution in [0.25, 0.3) is 0 Å². The molecule has 0 aliphatic heterocycles. The molecule has 0 bridgehead atoms. The summed E-state index contributed by atoms with van der Waals surface area (Å²) in [6.45, 7) is 6.38. The molecule has 5 nitrogen and oxygen atoms in total. The second-order valence-corrected chi connectivity index (χ2v) is 5.07. The monoisotopic (exact) mass is 285 g/mol. The summed E-state index contributed by atoms with van der Waals surface area (Å²) < 4.78 is 1.27. The first-order valence-electron chi connectivity index (χ1n) is 7.01. The fraction of sp³-hybridized carbons (Fsp3) is 0.312. The van der Waals surface area contributed by atoms with Crippen LogP contribution in [0.3, 0.4) is 0 Å². The summed E-state index contributed by atoms with van der Waals surface area (Å²) in [6, 6.07) is 10.5. The molecule has 1 N–H and O–H groups in total. The number of nitrogens with zero attached hydrogens (tertiary/aromatic N) is 2. The van der Waals surface area contributed by atoms with Crippen molar-refractivity contribution in [1.82, 2.24) is 9.78 Å². The molecule has 1 amide bonds. The molecule has 0 aliphatic carbocycles. The second-order valence-electron chi connectivity index (χ2n) is 5.07.